The van der Waals surface area contributed by atoms with Crippen molar-refractivity contribution in [3.8, 4) is 5.75 Å². The molecule has 5 heteroatoms. The zero-order valence-electron chi connectivity index (χ0n) is 9.16. The third kappa shape index (κ3) is 2.70. The topological polar surface area (TPSA) is 72.5 Å². The quantitative estimate of drug-likeness (QED) is 0.807. The third-order valence-corrected chi connectivity index (χ3v) is 2.37. The predicted molar refractivity (Wildman–Crippen MR) is 57.0 cm³/mol. The van der Waals surface area contributed by atoms with Crippen LogP contribution in [0.5, 0.6) is 5.75 Å². The molecular formula is C11H14FNO3. The van der Waals surface area contributed by atoms with E-state index in [1.807, 2.05) is 0 Å². The first-order chi connectivity index (χ1) is 7.45. The fourth-order valence-electron chi connectivity index (χ4n) is 1.40. The molecule has 1 aromatic rings. The fourth-order valence-corrected chi connectivity index (χ4v) is 1.40. The SMILES string of the molecule is COc1cc(C)c(CC(N)C(=O)O)cc1F. The zero-order chi connectivity index (χ0) is 12.3. The van der Waals surface area contributed by atoms with Gasteiger partial charge in [-0.25, -0.2) is 4.39 Å². The normalized spacial score (nSPS) is 12.2. The number of aryl methyl sites for hydroxylation is 1. The van der Waals surface area contributed by atoms with Gasteiger partial charge in [-0.3, -0.25) is 4.79 Å². The molecule has 1 aromatic carbocycles. The molecule has 0 fully saturated rings. The Kier molecular flexibility index (Phi) is 3.84. The molecule has 0 heterocycles. The van der Waals surface area contributed by atoms with E-state index in [9.17, 15) is 9.18 Å². The van der Waals surface area contributed by atoms with Gasteiger partial charge in [0.25, 0.3) is 0 Å². The van der Waals surface area contributed by atoms with Gasteiger partial charge in [-0.1, -0.05) is 0 Å². The van der Waals surface area contributed by atoms with E-state index in [1.165, 1.54) is 19.2 Å². The lowest BCUT2D eigenvalue weighted by molar-refractivity contribution is -0.138. The fraction of sp³-hybridized carbons (Fsp3) is 0.364. The molecule has 3 N–H and O–H groups in total. The summed E-state index contributed by atoms with van der Waals surface area (Å²) < 4.78 is 18.2. The highest BCUT2D eigenvalue weighted by molar-refractivity contribution is 5.73. The van der Waals surface area contributed by atoms with Gasteiger partial charge in [-0.15, -0.1) is 0 Å². The highest BCUT2D eigenvalue weighted by Crippen LogP contribution is 2.22. The summed E-state index contributed by atoms with van der Waals surface area (Å²) in [5.41, 5.74) is 6.72. The van der Waals surface area contributed by atoms with Crippen LogP contribution in [0, 0.1) is 12.7 Å². The van der Waals surface area contributed by atoms with Crippen LogP contribution in [-0.2, 0) is 11.2 Å². The number of carboxylic acid groups (broad SMARTS) is 1. The molecule has 0 amide bonds. The molecule has 0 saturated heterocycles. The van der Waals surface area contributed by atoms with E-state index in [4.69, 9.17) is 15.6 Å². The Morgan fingerprint density at radius 1 is 1.62 bits per heavy atom. The van der Waals surface area contributed by atoms with Crippen LogP contribution >= 0.6 is 0 Å². The molecule has 88 valence electrons. The van der Waals surface area contributed by atoms with E-state index < -0.39 is 17.8 Å². The van der Waals surface area contributed by atoms with Crippen LogP contribution in [0.4, 0.5) is 4.39 Å². The van der Waals surface area contributed by atoms with E-state index in [2.05, 4.69) is 0 Å². The maximum Gasteiger partial charge on any atom is 0.320 e. The largest absolute Gasteiger partial charge is 0.494 e. The van der Waals surface area contributed by atoms with Gasteiger partial charge in [-0.2, -0.15) is 0 Å². The molecule has 0 spiro atoms. The van der Waals surface area contributed by atoms with Gasteiger partial charge in [0.05, 0.1) is 7.11 Å². The summed E-state index contributed by atoms with van der Waals surface area (Å²) in [5.74, 6) is -1.47. The van der Waals surface area contributed by atoms with Crippen LogP contribution in [0.15, 0.2) is 12.1 Å². The Labute approximate surface area is 92.8 Å². The van der Waals surface area contributed by atoms with E-state index in [1.54, 1.807) is 6.92 Å². The van der Waals surface area contributed by atoms with E-state index in [-0.39, 0.29) is 12.2 Å². The number of carboxylic acids is 1. The number of halogens is 1. The van der Waals surface area contributed by atoms with Crippen LogP contribution in [0.25, 0.3) is 0 Å². The number of hydrogen-bond donors (Lipinski definition) is 2. The molecule has 4 nitrogen and oxygen atoms in total. The Morgan fingerprint density at radius 3 is 2.75 bits per heavy atom. The maximum atomic E-state index is 13.4. The van der Waals surface area contributed by atoms with Gasteiger partial charge in [-0.05, 0) is 36.6 Å². The van der Waals surface area contributed by atoms with Crippen LogP contribution in [0.3, 0.4) is 0 Å². The average molecular weight is 227 g/mol. The first-order valence-corrected chi connectivity index (χ1v) is 4.77. The highest BCUT2D eigenvalue weighted by Gasteiger charge is 2.15. The van der Waals surface area contributed by atoms with Crippen molar-refractivity contribution in [1.82, 2.24) is 0 Å². The summed E-state index contributed by atoms with van der Waals surface area (Å²) in [7, 11) is 1.38. The number of methoxy groups -OCH3 is 1. The lowest BCUT2D eigenvalue weighted by Gasteiger charge is -2.11. The minimum atomic E-state index is -1.10. The van der Waals surface area contributed by atoms with E-state index in [0.717, 1.165) is 5.56 Å². The molecule has 0 aliphatic carbocycles. The second kappa shape index (κ2) is 4.94. The van der Waals surface area contributed by atoms with E-state index in [0.29, 0.717) is 5.56 Å². The Balaban J connectivity index is 2.98. The summed E-state index contributed by atoms with van der Waals surface area (Å²) in [6.07, 6.45) is 0.0993. The van der Waals surface area contributed by atoms with Gasteiger partial charge >= 0.3 is 5.97 Å². The van der Waals surface area contributed by atoms with Crippen LogP contribution in [-0.4, -0.2) is 24.2 Å². The first kappa shape index (κ1) is 12.4. The number of nitrogens with two attached hydrogens (primary N) is 1. The van der Waals surface area contributed by atoms with Gasteiger partial charge in [0, 0.05) is 0 Å². The van der Waals surface area contributed by atoms with Gasteiger partial charge < -0.3 is 15.6 Å². The van der Waals surface area contributed by atoms with Crippen molar-refractivity contribution < 1.29 is 19.0 Å². The molecule has 0 aromatic heterocycles. The van der Waals surface area contributed by atoms with Crippen molar-refractivity contribution in [2.75, 3.05) is 7.11 Å². The molecule has 0 saturated carbocycles. The Bertz CT molecular complexity index is 406. The van der Waals surface area contributed by atoms with Crippen molar-refractivity contribution >= 4 is 5.97 Å². The summed E-state index contributed by atoms with van der Waals surface area (Å²) in [4.78, 5) is 10.6. The third-order valence-electron chi connectivity index (χ3n) is 2.37. The van der Waals surface area contributed by atoms with Crippen molar-refractivity contribution in [1.29, 1.82) is 0 Å². The number of benzene rings is 1. The van der Waals surface area contributed by atoms with Gasteiger partial charge in [0.1, 0.15) is 6.04 Å². The second-order valence-electron chi connectivity index (χ2n) is 3.56. The van der Waals surface area contributed by atoms with Crippen LogP contribution in [0.2, 0.25) is 0 Å². The summed E-state index contributed by atoms with van der Waals surface area (Å²) >= 11 is 0. The summed E-state index contributed by atoms with van der Waals surface area (Å²) in [6.45, 7) is 1.76. The molecule has 0 bridgehead atoms. The van der Waals surface area contributed by atoms with Crippen LogP contribution < -0.4 is 10.5 Å². The van der Waals surface area contributed by atoms with Crippen molar-refractivity contribution in [2.24, 2.45) is 5.73 Å². The highest BCUT2D eigenvalue weighted by atomic mass is 19.1. The predicted octanol–water partition coefficient (Wildman–Crippen LogP) is 1.10. The minimum absolute atomic E-state index is 0.0993. The molecule has 0 aliphatic rings. The Hall–Kier alpha value is -1.62. The first-order valence-electron chi connectivity index (χ1n) is 4.77. The lowest BCUT2D eigenvalue weighted by Crippen LogP contribution is -2.32. The molecule has 1 atom stereocenters. The van der Waals surface area contributed by atoms with E-state index >= 15 is 0 Å². The summed E-state index contributed by atoms with van der Waals surface area (Å²) in [5, 5.41) is 8.66. The van der Waals surface area contributed by atoms with Crippen LogP contribution in [0.1, 0.15) is 11.1 Å². The lowest BCUT2D eigenvalue weighted by atomic mass is 10.0. The minimum Gasteiger partial charge on any atom is -0.494 e. The molecule has 16 heavy (non-hydrogen) atoms. The number of aliphatic carboxylic acids is 1. The van der Waals surface area contributed by atoms with Crippen molar-refractivity contribution in [3.05, 3.63) is 29.1 Å². The van der Waals surface area contributed by atoms with Crippen molar-refractivity contribution in [3.63, 3.8) is 0 Å². The molecule has 1 rings (SSSR count). The summed E-state index contributed by atoms with van der Waals surface area (Å²) in [6, 6.07) is 1.77. The maximum absolute atomic E-state index is 13.4. The monoisotopic (exact) mass is 227 g/mol. The number of hydrogen-bond acceptors (Lipinski definition) is 3. The Morgan fingerprint density at radius 2 is 2.25 bits per heavy atom. The number of rotatable bonds is 4. The standard InChI is InChI=1S/C11H14FNO3/c1-6-3-10(16-2)8(12)4-7(6)5-9(13)11(14)15/h3-4,9H,5,13H2,1-2H3,(H,14,15). The number of carbonyl (C=O) groups is 1. The molecular weight excluding hydrogens is 213 g/mol. The molecule has 0 aliphatic heterocycles. The van der Waals surface area contributed by atoms with Gasteiger partial charge in [0.15, 0.2) is 11.6 Å². The van der Waals surface area contributed by atoms with Crippen molar-refractivity contribution in [2.45, 2.75) is 19.4 Å². The smallest absolute Gasteiger partial charge is 0.320 e. The zero-order valence-corrected chi connectivity index (χ0v) is 9.16. The molecule has 1 unspecified atom stereocenters. The second-order valence-corrected chi connectivity index (χ2v) is 3.56. The van der Waals surface area contributed by atoms with Gasteiger partial charge in [0.2, 0.25) is 0 Å². The number of ether oxygens (including phenoxy) is 1. The molecule has 0 radical (unpaired) electrons. The average Bonchev–Trinajstić information content (AvgIpc) is 2.22.